The third-order valence-electron chi connectivity index (χ3n) is 2.42. The lowest BCUT2D eigenvalue weighted by molar-refractivity contribution is -0.382. The standard InChI is InChI=1S/C9H12F9NO4S/c1-22-4-5-23-3-2-19-24(20,21)9(17,18)7(12,13)6(10,11)8(14,15)16/h19H,2-5H2,1H3. The van der Waals surface area contributed by atoms with E-state index in [0.717, 1.165) is 4.72 Å². The van der Waals surface area contributed by atoms with Gasteiger partial charge in [-0.15, -0.1) is 0 Å². The second-order valence-corrected chi connectivity index (χ2v) is 5.97. The second-order valence-electron chi connectivity index (χ2n) is 4.17. The van der Waals surface area contributed by atoms with E-state index in [0.29, 0.717) is 0 Å². The first kappa shape index (κ1) is 23.2. The van der Waals surface area contributed by atoms with E-state index in [9.17, 15) is 47.9 Å². The van der Waals surface area contributed by atoms with Crippen molar-refractivity contribution in [3.05, 3.63) is 0 Å². The van der Waals surface area contributed by atoms with E-state index in [4.69, 9.17) is 0 Å². The van der Waals surface area contributed by atoms with Crippen molar-refractivity contribution >= 4 is 10.0 Å². The highest BCUT2D eigenvalue weighted by atomic mass is 32.2. The maximum absolute atomic E-state index is 13.2. The van der Waals surface area contributed by atoms with Crippen LogP contribution in [0, 0.1) is 0 Å². The highest BCUT2D eigenvalue weighted by Crippen LogP contribution is 2.54. The number of hydrogen-bond donors (Lipinski definition) is 1. The lowest BCUT2D eigenvalue weighted by Gasteiger charge is -2.33. The van der Waals surface area contributed by atoms with Crippen LogP contribution in [0.2, 0.25) is 0 Å². The van der Waals surface area contributed by atoms with Crippen molar-refractivity contribution in [1.29, 1.82) is 0 Å². The Bertz CT molecular complexity index is 506. The fourth-order valence-corrected chi connectivity index (χ4v) is 2.11. The van der Waals surface area contributed by atoms with Crippen LogP contribution in [-0.4, -0.2) is 65.2 Å². The molecule has 1 N–H and O–H groups in total. The Kier molecular flexibility index (Phi) is 7.36. The molecule has 0 atom stereocenters. The Labute approximate surface area is 130 Å². The van der Waals surface area contributed by atoms with E-state index in [1.807, 2.05) is 0 Å². The molecule has 0 aliphatic heterocycles. The molecule has 0 saturated heterocycles. The van der Waals surface area contributed by atoms with Crippen LogP contribution in [0.5, 0.6) is 0 Å². The highest BCUT2D eigenvalue weighted by Gasteiger charge is 2.85. The van der Waals surface area contributed by atoms with Gasteiger partial charge in [-0.2, -0.15) is 39.5 Å². The monoisotopic (exact) mass is 401 g/mol. The summed E-state index contributed by atoms with van der Waals surface area (Å²) in [6, 6.07) is 0. The summed E-state index contributed by atoms with van der Waals surface area (Å²) in [5.74, 6) is -14.5. The maximum Gasteiger partial charge on any atom is 0.460 e. The van der Waals surface area contributed by atoms with Crippen molar-refractivity contribution in [3.63, 3.8) is 0 Å². The van der Waals surface area contributed by atoms with Crippen molar-refractivity contribution in [2.24, 2.45) is 0 Å². The lowest BCUT2D eigenvalue weighted by atomic mass is 10.1. The summed E-state index contributed by atoms with van der Waals surface area (Å²) in [4.78, 5) is 0. The summed E-state index contributed by atoms with van der Waals surface area (Å²) < 4.78 is 145. The van der Waals surface area contributed by atoms with E-state index in [1.165, 1.54) is 7.11 Å². The molecule has 0 fully saturated rings. The summed E-state index contributed by atoms with van der Waals surface area (Å²) >= 11 is 0. The normalized spacial score (nSPS) is 14.9. The average molecular weight is 401 g/mol. The third kappa shape index (κ3) is 4.43. The van der Waals surface area contributed by atoms with Gasteiger partial charge in [-0.05, 0) is 0 Å². The summed E-state index contributed by atoms with van der Waals surface area (Å²) in [5, 5.41) is -6.74. The van der Waals surface area contributed by atoms with Crippen LogP contribution in [0.3, 0.4) is 0 Å². The van der Waals surface area contributed by atoms with Crippen LogP contribution < -0.4 is 4.72 Å². The van der Waals surface area contributed by atoms with Gasteiger partial charge in [-0.25, -0.2) is 13.1 Å². The van der Waals surface area contributed by atoms with Gasteiger partial charge in [-0.3, -0.25) is 0 Å². The number of rotatable bonds is 10. The van der Waals surface area contributed by atoms with Crippen molar-refractivity contribution in [2.45, 2.75) is 23.3 Å². The Hall–Kier alpha value is -0.800. The van der Waals surface area contributed by atoms with Crippen molar-refractivity contribution in [2.75, 3.05) is 33.5 Å². The van der Waals surface area contributed by atoms with Gasteiger partial charge in [0.25, 0.3) is 10.0 Å². The molecule has 146 valence electrons. The van der Waals surface area contributed by atoms with E-state index in [1.54, 1.807) is 0 Å². The summed E-state index contributed by atoms with van der Waals surface area (Å²) in [6.07, 6.45) is -7.10. The van der Waals surface area contributed by atoms with Crippen LogP contribution in [0.1, 0.15) is 0 Å². The molecule has 0 rings (SSSR count). The number of methoxy groups -OCH3 is 1. The molecule has 0 spiro atoms. The zero-order valence-electron chi connectivity index (χ0n) is 11.8. The number of ether oxygens (including phenoxy) is 2. The van der Waals surface area contributed by atoms with Gasteiger partial charge in [0.2, 0.25) is 0 Å². The van der Waals surface area contributed by atoms with Gasteiger partial charge in [0.1, 0.15) is 0 Å². The molecule has 0 saturated carbocycles. The van der Waals surface area contributed by atoms with Gasteiger partial charge < -0.3 is 9.47 Å². The number of halogens is 9. The largest absolute Gasteiger partial charge is 0.460 e. The molecule has 0 aliphatic rings. The molecule has 0 unspecified atom stereocenters. The first-order chi connectivity index (χ1) is 10.6. The predicted octanol–water partition coefficient (Wildman–Crippen LogP) is 1.99. The number of nitrogens with one attached hydrogen (secondary N) is 1. The fraction of sp³-hybridized carbons (Fsp3) is 1.00. The quantitative estimate of drug-likeness (QED) is 0.449. The molecule has 24 heavy (non-hydrogen) atoms. The first-order valence-corrected chi connectivity index (χ1v) is 7.30. The summed E-state index contributed by atoms with van der Waals surface area (Å²) in [7, 11) is -5.32. The molecule has 0 amide bonds. The fourth-order valence-electron chi connectivity index (χ4n) is 1.11. The minimum Gasteiger partial charge on any atom is -0.382 e. The highest BCUT2D eigenvalue weighted by molar-refractivity contribution is 7.90. The molecule has 0 aliphatic carbocycles. The molecular weight excluding hydrogens is 389 g/mol. The van der Waals surface area contributed by atoms with Gasteiger partial charge in [-0.1, -0.05) is 0 Å². The van der Waals surface area contributed by atoms with Crippen LogP contribution >= 0.6 is 0 Å². The number of hydrogen-bond acceptors (Lipinski definition) is 4. The molecule has 0 bridgehead atoms. The van der Waals surface area contributed by atoms with Crippen LogP contribution in [0.15, 0.2) is 0 Å². The van der Waals surface area contributed by atoms with Crippen molar-refractivity contribution < 1.29 is 57.4 Å². The molecule has 0 heterocycles. The molecule has 5 nitrogen and oxygen atoms in total. The lowest BCUT2D eigenvalue weighted by Crippen LogP contribution is -2.65. The predicted molar refractivity (Wildman–Crippen MR) is 60.5 cm³/mol. The van der Waals surface area contributed by atoms with E-state index in [-0.39, 0.29) is 13.2 Å². The molecule has 15 heteroatoms. The zero-order chi connectivity index (χ0) is 19.4. The molecule has 0 aromatic heterocycles. The first-order valence-electron chi connectivity index (χ1n) is 5.82. The van der Waals surface area contributed by atoms with Gasteiger partial charge in [0, 0.05) is 13.7 Å². The Balaban J connectivity index is 5.19. The van der Waals surface area contributed by atoms with Crippen LogP contribution in [-0.2, 0) is 19.5 Å². The van der Waals surface area contributed by atoms with Crippen molar-refractivity contribution in [1.82, 2.24) is 4.72 Å². The van der Waals surface area contributed by atoms with Gasteiger partial charge >= 0.3 is 23.3 Å². The minimum atomic E-state index is -7.28. The van der Waals surface area contributed by atoms with Gasteiger partial charge in [0.05, 0.1) is 19.8 Å². The molecule has 0 aromatic rings. The average Bonchev–Trinajstić information content (AvgIpc) is 2.40. The number of alkyl halides is 9. The van der Waals surface area contributed by atoms with E-state index in [2.05, 4.69) is 9.47 Å². The minimum absolute atomic E-state index is 0.0127. The molecule has 0 radical (unpaired) electrons. The van der Waals surface area contributed by atoms with E-state index < -0.39 is 46.5 Å². The van der Waals surface area contributed by atoms with Crippen molar-refractivity contribution in [3.8, 4) is 0 Å². The topological polar surface area (TPSA) is 64.6 Å². The van der Waals surface area contributed by atoms with Crippen LogP contribution in [0.4, 0.5) is 39.5 Å². The summed E-state index contributed by atoms with van der Waals surface area (Å²) in [5.41, 5.74) is 0. The van der Waals surface area contributed by atoms with E-state index >= 15 is 0 Å². The Morgan fingerprint density at radius 3 is 1.75 bits per heavy atom. The molecular formula is C9H12F9NO4S. The Morgan fingerprint density at radius 2 is 1.33 bits per heavy atom. The molecule has 0 aromatic carbocycles. The smallest absolute Gasteiger partial charge is 0.382 e. The number of sulfonamides is 1. The van der Waals surface area contributed by atoms with Gasteiger partial charge in [0.15, 0.2) is 0 Å². The SMILES string of the molecule is COCCOCCNS(=O)(=O)C(F)(F)C(F)(F)C(F)(F)C(F)(F)F. The third-order valence-corrected chi connectivity index (χ3v) is 3.94. The maximum atomic E-state index is 13.2. The second kappa shape index (κ2) is 7.61. The Morgan fingerprint density at radius 1 is 0.833 bits per heavy atom. The zero-order valence-corrected chi connectivity index (χ0v) is 12.6. The summed E-state index contributed by atoms with van der Waals surface area (Å²) in [6.45, 7) is -1.86. The van der Waals surface area contributed by atoms with Crippen LogP contribution in [0.25, 0.3) is 0 Å².